The minimum atomic E-state index is -0.0940. The van der Waals surface area contributed by atoms with Gasteiger partial charge in [0, 0.05) is 67.8 Å². The van der Waals surface area contributed by atoms with Crippen molar-refractivity contribution in [1.29, 1.82) is 0 Å². The third kappa shape index (κ3) is 7.77. The highest BCUT2D eigenvalue weighted by Crippen LogP contribution is 2.27. The van der Waals surface area contributed by atoms with Crippen molar-refractivity contribution >= 4 is 40.6 Å². The number of pyridine rings is 1. The van der Waals surface area contributed by atoms with E-state index >= 15 is 0 Å². The van der Waals surface area contributed by atoms with Crippen LogP contribution >= 0.6 is 0 Å². The smallest absolute Gasteiger partial charge is 0.309 e. The van der Waals surface area contributed by atoms with Crippen LogP contribution in [0.5, 0.6) is 0 Å². The van der Waals surface area contributed by atoms with Crippen LogP contribution in [-0.2, 0) is 9.53 Å². The molecule has 3 rings (SSSR count). The number of allylic oxidation sites excluding steroid dienone is 2. The van der Waals surface area contributed by atoms with E-state index in [2.05, 4.69) is 21.9 Å². The second kappa shape index (κ2) is 13.4. The number of rotatable bonds is 9. The predicted octanol–water partition coefficient (Wildman–Crippen LogP) is 5.22. The zero-order valence-corrected chi connectivity index (χ0v) is 22.0. The van der Waals surface area contributed by atoms with Crippen molar-refractivity contribution in [2.24, 2.45) is 27.4 Å². The number of carbonyl (C=O) groups is 1. The molecule has 0 bridgehead atoms. The van der Waals surface area contributed by atoms with Gasteiger partial charge in [-0.1, -0.05) is 25.1 Å². The average molecular weight is 505 g/mol. The molecule has 1 aromatic heterocycles. The van der Waals surface area contributed by atoms with E-state index in [4.69, 9.17) is 21.2 Å². The SMILES string of the molecule is C=C(Nc1cc2cc(/C(C=NC)=C/N)ccc2cn1)/C(C=NC1CCCC(C(=O)OC(C)C)CC1)=C/N.[HH]. The van der Waals surface area contributed by atoms with Gasteiger partial charge in [-0.2, -0.15) is 0 Å². The maximum Gasteiger partial charge on any atom is 0.309 e. The Morgan fingerprint density at radius 3 is 2.68 bits per heavy atom. The molecular formula is C29H40N6O2. The number of anilines is 1. The van der Waals surface area contributed by atoms with Crippen LogP contribution in [0, 0.1) is 5.92 Å². The molecule has 2 aromatic rings. The van der Waals surface area contributed by atoms with Crippen molar-refractivity contribution in [3.05, 3.63) is 66.3 Å². The van der Waals surface area contributed by atoms with Crippen molar-refractivity contribution in [1.82, 2.24) is 4.98 Å². The van der Waals surface area contributed by atoms with Gasteiger partial charge in [-0.25, -0.2) is 4.98 Å². The maximum atomic E-state index is 12.3. The van der Waals surface area contributed by atoms with Gasteiger partial charge in [-0.15, -0.1) is 0 Å². The summed E-state index contributed by atoms with van der Waals surface area (Å²) in [5, 5.41) is 5.25. The molecule has 0 spiro atoms. The average Bonchev–Trinajstić information content (AvgIpc) is 3.13. The van der Waals surface area contributed by atoms with Gasteiger partial charge in [-0.05, 0) is 62.6 Å². The number of carbonyl (C=O) groups excluding carboxylic acids is 1. The lowest BCUT2D eigenvalue weighted by Crippen LogP contribution is -2.20. The molecule has 198 valence electrons. The van der Waals surface area contributed by atoms with Gasteiger partial charge in [0.25, 0.3) is 0 Å². The first kappa shape index (κ1) is 27.6. The van der Waals surface area contributed by atoms with E-state index in [0.29, 0.717) is 17.1 Å². The van der Waals surface area contributed by atoms with E-state index in [-0.39, 0.29) is 25.5 Å². The number of nitrogens with one attached hydrogen (secondary N) is 1. The number of aliphatic imine (C=N–C) groups is 2. The second-order valence-electron chi connectivity index (χ2n) is 9.49. The Morgan fingerprint density at radius 1 is 1.16 bits per heavy atom. The molecule has 1 aliphatic carbocycles. The Labute approximate surface area is 220 Å². The summed E-state index contributed by atoms with van der Waals surface area (Å²) in [5.74, 6) is 0.503. The number of ether oxygens (including phenoxy) is 1. The molecule has 5 N–H and O–H groups in total. The molecule has 1 heterocycles. The molecule has 0 saturated heterocycles. The first-order chi connectivity index (χ1) is 17.8. The van der Waals surface area contributed by atoms with Gasteiger partial charge in [-0.3, -0.25) is 14.8 Å². The summed E-state index contributed by atoms with van der Waals surface area (Å²) in [6.45, 7) is 7.90. The number of esters is 1. The van der Waals surface area contributed by atoms with Crippen molar-refractivity contribution in [3.8, 4) is 0 Å². The van der Waals surface area contributed by atoms with Crippen LogP contribution < -0.4 is 16.8 Å². The fraction of sp³-hybridized carbons (Fsp3) is 0.379. The normalized spacial score (nSPS) is 19.5. The lowest BCUT2D eigenvalue weighted by atomic mass is 10.0. The van der Waals surface area contributed by atoms with Gasteiger partial charge in [0.05, 0.1) is 12.0 Å². The zero-order valence-electron chi connectivity index (χ0n) is 22.0. The molecule has 0 aliphatic heterocycles. The van der Waals surface area contributed by atoms with Crippen molar-refractivity contribution < 1.29 is 11.0 Å². The van der Waals surface area contributed by atoms with E-state index in [1.165, 1.54) is 6.20 Å². The van der Waals surface area contributed by atoms with Crippen LogP contribution in [-0.4, -0.2) is 42.6 Å². The van der Waals surface area contributed by atoms with Crippen LogP contribution in [0.3, 0.4) is 0 Å². The molecular weight excluding hydrogens is 464 g/mol. The van der Waals surface area contributed by atoms with E-state index < -0.39 is 0 Å². The minimum absolute atomic E-state index is 0. The zero-order chi connectivity index (χ0) is 26.8. The van der Waals surface area contributed by atoms with Crippen molar-refractivity contribution in [2.75, 3.05) is 12.4 Å². The highest BCUT2D eigenvalue weighted by molar-refractivity contribution is 6.10. The van der Waals surface area contributed by atoms with Crippen LogP contribution in [0.25, 0.3) is 16.3 Å². The monoisotopic (exact) mass is 504 g/mol. The summed E-state index contributed by atoms with van der Waals surface area (Å²) >= 11 is 0. The lowest BCUT2D eigenvalue weighted by Gasteiger charge is -2.15. The summed E-state index contributed by atoms with van der Waals surface area (Å²) in [4.78, 5) is 25.6. The summed E-state index contributed by atoms with van der Waals surface area (Å²) in [6, 6.07) is 8.12. The van der Waals surface area contributed by atoms with Gasteiger partial charge in [0.2, 0.25) is 0 Å². The second-order valence-corrected chi connectivity index (χ2v) is 9.49. The Hall–Kier alpha value is -3.94. The van der Waals surface area contributed by atoms with Crippen LogP contribution in [0.1, 0.15) is 52.9 Å². The summed E-state index contributed by atoms with van der Waals surface area (Å²) in [6.07, 6.45) is 12.6. The Morgan fingerprint density at radius 2 is 1.97 bits per heavy atom. The van der Waals surface area contributed by atoms with Gasteiger partial charge >= 0.3 is 5.97 Å². The Kier molecular flexibility index (Phi) is 10.0. The van der Waals surface area contributed by atoms with E-state index in [9.17, 15) is 4.79 Å². The highest BCUT2D eigenvalue weighted by atomic mass is 16.5. The van der Waals surface area contributed by atoms with E-state index in [1.807, 2.05) is 38.1 Å². The number of nitrogens with two attached hydrogens (primary N) is 2. The fourth-order valence-electron chi connectivity index (χ4n) is 4.37. The Bertz CT molecular complexity index is 1230. The summed E-state index contributed by atoms with van der Waals surface area (Å²) in [7, 11) is 1.71. The third-order valence-corrected chi connectivity index (χ3v) is 6.36. The van der Waals surface area contributed by atoms with Gasteiger partial charge < -0.3 is 21.5 Å². The molecule has 1 aliphatic rings. The molecule has 37 heavy (non-hydrogen) atoms. The number of hydrogen-bond donors (Lipinski definition) is 3. The van der Waals surface area contributed by atoms with Gasteiger partial charge in [0.1, 0.15) is 5.82 Å². The number of fused-ring (bicyclic) bond motifs is 1. The molecule has 1 aromatic carbocycles. The summed E-state index contributed by atoms with van der Waals surface area (Å²) in [5.41, 5.74) is 14.8. The number of benzene rings is 1. The quantitative estimate of drug-likeness (QED) is 0.186. The van der Waals surface area contributed by atoms with Crippen molar-refractivity contribution in [2.45, 2.75) is 58.1 Å². The van der Waals surface area contributed by atoms with Crippen LogP contribution in [0.4, 0.5) is 5.82 Å². The largest absolute Gasteiger partial charge is 0.463 e. The Balaban J connectivity index is 0.00000507. The predicted molar refractivity (Wildman–Crippen MR) is 156 cm³/mol. The number of hydrogen-bond acceptors (Lipinski definition) is 8. The molecule has 2 unspecified atom stereocenters. The molecule has 8 nitrogen and oxygen atoms in total. The molecule has 8 heteroatoms. The molecule has 0 amide bonds. The lowest BCUT2D eigenvalue weighted by molar-refractivity contribution is -0.152. The van der Waals surface area contributed by atoms with Gasteiger partial charge in [0.15, 0.2) is 0 Å². The summed E-state index contributed by atoms with van der Waals surface area (Å²) < 4.78 is 5.40. The van der Waals surface area contributed by atoms with Crippen molar-refractivity contribution in [3.63, 3.8) is 0 Å². The van der Waals surface area contributed by atoms with E-state index in [1.54, 1.807) is 31.9 Å². The molecule has 1 saturated carbocycles. The highest BCUT2D eigenvalue weighted by Gasteiger charge is 2.25. The van der Waals surface area contributed by atoms with E-state index in [0.717, 1.165) is 54.0 Å². The number of nitrogens with zero attached hydrogens (tertiary/aromatic N) is 3. The molecule has 2 atom stereocenters. The van der Waals surface area contributed by atoms with Crippen LogP contribution in [0.2, 0.25) is 0 Å². The first-order valence-corrected chi connectivity index (χ1v) is 12.7. The van der Waals surface area contributed by atoms with Crippen LogP contribution in [0.15, 0.2) is 70.7 Å². The third-order valence-electron chi connectivity index (χ3n) is 6.36. The molecule has 1 fully saturated rings. The first-order valence-electron chi connectivity index (χ1n) is 12.7. The molecule has 0 radical (unpaired) electrons. The minimum Gasteiger partial charge on any atom is -0.463 e. The standard InChI is InChI=1S/C29H38N6O2.H2/c1-19(2)37-29(36)21-6-5-7-27(11-10-21)33-18-25(14-30)20(3)35-28-13-24-12-22(26(15-31)16-32-4)8-9-23(24)17-34-28;/h8-9,12-19,21,27H,3,5-7,10-11,30-31H2,1-2,4H3,(H,34,35);1H/b25-14+,26-15+,32-16?,33-18?;. The fourth-order valence-corrected chi connectivity index (χ4v) is 4.37. The maximum absolute atomic E-state index is 12.3. The number of aromatic nitrogens is 1. The topological polar surface area (TPSA) is 128 Å².